The largest absolute Gasteiger partial charge is 0.313 e. The molecule has 0 spiro atoms. The summed E-state index contributed by atoms with van der Waals surface area (Å²) >= 11 is 0. The molecule has 0 aromatic carbocycles. The molecule has 2 aromatic rings. The molecule has 2 aromatic heterocycles. The molecular weight excluding hydrogens is 252 g/mol. The van der Waals surface area contributed by atoms with Crippen LogP contribution >= 0.6 is 0 Å². The second-order valence-corrected chi connectivity index (χ2v) is 5.15. The van der Waals surface area contributed by atoms with Crippen molar-refractivity contribution in [2.45, 2.75) is 46.2 Å². The van der Waals surface area contributed by atoms with Crippen molar-refractivity contribution in [3.63, 3.8) is 0 Å². The maximum absolute atomic E-state index is 4.50. The van der Waals surface area contributed by atoms with E-state index in [4.69, 9.17) is 0 Å². The second-order valence-electron chi connectivity index (χ2n) is 5.15. The van der Waals surface area contributed by atoms with Crippen molar-refractivity contribution in [2.24, 2.45) is 7.05 Å². The van der Waals surface area contributed by atoms with E-state index >= 15 is 0 Å². The maximum atomic E-state index is 4.50. The van der Waals surface area contributed by atoms with Gasteiger partial charge in [0.25, 0.3) is 0 Å². The first kappa shape index (κ1) is 14.7. The average Bonchev–Trinajstić information content (AvgIpc) is 2.94. The maximum Gasteiger partial charge on any atom is 0.138 e. The van der Waals surface area contributed by atoms with Gasteiger partial charge in [-0.05, 0) is 27.3 Å². The first-order chi connectivity index (χ1) is 9.58. The Hall–Kier alpha value is -1.69. The summed E-state index contributed by atoms with van der Waals surface area (Å²) in [6.45, 7) is 7.23. The number of nitrogens with zero attached hydrogens (tertiary/aromatic N) is 5. The highest BCUT2D eigenvalue weighted by molar-refractivity contribution is 5.28. The highest BCUT2D eigenvalue weighted by Crippen LogP contribution is 2.23. The summed E-state index contributed by atoms with van der Waals surface area (Å²) in [5, 5.41) is 12.2. The van der Waals surface area contributed by atoms with Gasteiger partial charge in [-0.25, -0.2) is 4.98 Å². The summed E-state index contributed by atoms with van der Waals surface area (Å²) in [6.07, 6.45) is 3.52. The third kappa shape index (κ3) is 2.75. The molecule has 6 heteroatoms. The van der Waals surface area contributed by atoms with Crippen molar-refractivity contribution in [2.75, 3.05) is 7.05 Å². The highest BCUT2D eigenvalue weighted by Gasteiger charge is 2.21. The Bertz CT molecular complexity index is 568. The van der Waals surface area contributed by atoms with E-state index < -0.39 is 0 Å². The van der Waals surface area contributed by atoms with Crippen LogP contribution in [-0.4, -0.2) is 31.6 Å². The van der Waals surface area contributed by atoms with Crippen molar-refractivity contribution in [1.29, 1.82) is 0 Å². The van der Waals surface area contributed by atoms with E-state index in [0.29, 0.717) is 0 Å². The summed E-state index contributed by atoms with van der Waals surface area (Å²) in [4.78, 5) is 4.40. The molecule has 0 aliphatic heterocycles. The molecule has 1 atom stereocenters. The standard InChI is InChI=1S/C14H24N6/c1-6-7-20-13(16-9-17-20)8-12(15-4)14-10(2)18-19(5)11(14)3/h9,12,15H,6-8H2,1-5H3. The van der Waals surface area contributed by atoms with Gasteiger partial charge in [0, 0.05) is 37.3 Å². The molecule has 1 unspecified atom stereocenters. The van der Waals surface area contributed by atoms with E-state index in [2.05, 4.69) is 41.3 Å². The monoisotopic (exact) mass is 276 g/mol. The van der Waals surface area contributed by atoms with Gasteiger partial charge in [-0.2, -0.15) is 10.2 Å². The lowest BCUT2D eigenvalue weighted by Gasteiger charge is -2.17. The van der Waals surface area contributed by atoms with Gasteiger partial charge < -0.3 is 5.32 Å². The fraction of sp³-hybridized carbons (Fsp3) is 0.643. The van der Waals surface area contributed by atoms with Gasteiger partial charge in [0.05, 0.1) is 5.69 Å². The second kappa shape index (κ2) is 6.17. The number of aromatic nitrogens is 5. The van der Waals surface area contributed by atoms with Crippen LogP contribution in [0.5, 0.6) is 0 Å². The molecule has 2 heterocycles. The number of hydrogen-bond acceptors (Lipinski definition) is 4. The predicted octanol–water partition coefficient (Wildman–Crippen LogP) is 1.54. The van der Waals surface area contributed by atoms with Crippen molar-refractivity contribution >= 4 is 0 Å². The fourth-order valence-electron chi connectivity index (χ4n) is 2.67. The number of aryl methyl sites for hydroxylation is 3. The smallest absolute Gasteiger partial charge is 0.138 e. The van der Waals surface area contributed by atoms with Crippen LogP contribution in [0.1, 0.15) is 42.2 Å². The van der Waals surface area contributed by atoms with Crippen LogP contribution in [0.15, 0.2) is 6.33 Å². The Morgan fingerprint density at radius 1 is 1.35 bits per heavy atom. The molecule has 20 heavy (non-hydrogen) atoms. The topological polar surface area (TPSA) is 60.6 Å². The Balaban J connectivity index is 2.27. The molecular formula is C14H24N6. The lowest BCUT2D eigenvalue weighted by atomic mass is 10.0. The molecule has 0 aliphatic carbocycles. The van der Waals surface area contributed by atoms with Gasteiger partial charge in [-0.15, -0.1) is 0 Å². The van der Waals surface area contributed by atoms with E-state index in [9.17, 15) is 0 Å². The Labute approximate surface area is 120 Å². The quantitative estimate of drug-likeness (QED) is 0.869. The molecule has 110 valence electrons. The fourth-order valence-corrected chi connectivity index (χ4v) is 2.67. The van der Waals surface area contributed by atoms with E-state index in [1.165, 1.54) is 11.3 Å². The van der Waals surface area contributed by atoms with Crippen LogP contribution < -0.4 is 5.32 Å². The van der Waals surface area contributed by atoms with Crippen LogP contribution in [-0.2, 0) is 20.0 Å². The van der Waals surface area contributed by atoms with Crippen LogP contribution in [0.25, 0.3) is 0 Å². The van der Waals surface area contributed by atoms with Crippen LogP contribution in [0.4, 0.5) is 0 Å². The SMILES string of the molecule is CCCn1ncnc1CC(NC)c1c(C)nn(C)c1C. The van der Waals surface area contributed by atoms with E-state index in [1.807, 2.05) is 23.5 Å². The number of rotatable bonds is 6. The molecule has 2 rings (SSSR count). The van der Waals surface area contributed by atoms with Crippen molar-refractivity contribution in [3.8, 4) is 0 Å². The van der Waals surface area contributed by atoms with Gasteiger partial charge in [-0.3, -0.25) is 9.36 Å². The van der Waals surface area contributed by atoms with E-state index in [-0.39, 0.29) is 6.04 Å². The van der Waals surface area contributed by atoms with Crippen LogP contribution in [0.3, 0.4) is 0 Å². The average molecular weight is 276 g/mol. The zero-order valence-corrected chi connectivity index (χ0v) is 13.0. The third-order valence-electron chi connectivity index (χ3n) is 3.78. The first-order valence-corrected chi connectivity index (χ1v) is 7.12. The Morgan fingerprint density at radius 2 is 2.10 bits per heavy atom. The molecule has 0 radical (unpaired) electrons. The first-order valence-electron chi connectivity index (χ1n) is 7.12. The molecule has 0 fully saturated rings. The Kier molecular flexibility index (Phi) is 4.54. The minimum Gasteiger partial charge on any atom is -0.313 e. The van der Waals surface area contributed by atoms with Crippen LogP contribution in [0, 0.1) is 13.8 Å². The molecule has 6 nitrogen and oxygen atoms in total. The van der Waals surface area contributed by atoms with Crippen molar-refractivity contribution < 1.29 is 0 Å². The lowest BCUT2D eigenvalue weighted by Crippen LogP contribution is -2.22. The third-order valence-corrected chi connectivity index (χ3v) is 3.78. The lowest BCUT2D eigenvalue weighted by molar-refractivity contribution is 0.514. The Morgan fingerprint density at radius 3 is 2.65 bits per heavy atom. The summed E-state index contributed by atoms with van der Waals surface area (Å²) < 4.78 is 3.93. The number of nitrogens with one attached hydrogen (secondary N) is 1. The predicted molar refractivity (Wildman–Crippen MR) is 78.5 cm³/mol. The van der Waals surface area contributed by atoms with Crippen LogP contribution in [0.2, 0.25) is 0 Å². The molecule has 0 bridgehead atoms. The molecule has 0 saturated heterocycles. The van der Waals surface area contributed by atoms with Gasteiger partial charge in [0.2, 0.25) is 0 Å². The number of likely N-dealkylation sites (N-methyl/N-ethyl adjacent to an activating group) is 1. The molecule has 0 aliphatic rings. The van der Waals surface area contributed by atoms with E-state index in [1.54, 1.807) is 6.33 Å². The van der Waals surface area contributed by atoms with Gasteiger partial charge in [0.1, 0.15) is 12.2 Å². The van der Waals surface area contributed by atoms with Gasteiger partial charge >= 0.3 is 0 Å². The highest BCUT2D eigenvalue weighted by atomic mass is 15.3. The van der Waals surface area contributed by atoms with Gasteiger partial charge in [0.15, 0.2) is 0 Å². The van der Waals surface area contributed by atoms with E-state index in [0.717, 1.165) is 30.9 Å². The zero-order valence-electron chi connectivity index (χ0n) is 13.0. The minimum atomic E-state index is 0.212. The summed E-state index contributed by atoms with van der Waals surface area (Å²) in [5.74, 6) is 1.02. The number of hydrogen-bond donors (Lipinski definition) is 1. The molecule has 0 saturated carbocycles. The molecule has 0 amide bonds. The summed E-state index contributed by atoms with van der Waals surface area (Å²) in [7, 11) is 3.97. The molecule has 1 N–H and O–H groups in total. The summed E-state index contributed by atoms with van der Waals surface area (Å²) in [6, 6.07) is 0.212. The normalized spacial score (nSPS) is 12.8. The van der Waals surface area contributed by atoms with Gasteiger partial charge in [-0.1, -0.05) is 6.92 Å². The zero-order chi connectivity index (χ0) is 14.7. The van der Waals surface area contributed by atoms with Crippen molar-refractivity contribution in [1.82, 2.24) is 29.9 Å². The minimum absolute atomic E-state index is 0.212. The summed E-state index contributed by atoms with van der Waals surface area (Å²) in [5.41, 5.74) is 3.54. The van der Waals surface area contributed by atoms with Crippen molar-refractivity contribution in [3.05, 3.63) is 29.1 Å².